The fourth-order valence-electron chi connectivity index (χ4n) is 1.39. The van der Waals surface area contributed by atoms with Crippen LogP contribution in [0.5, 0.6) is 5.75 Å². The third kappa shape index (κ3) is 1.33. The summed E-state index contributed by atoms with van der Waals surface area (Å²) in [6.45, 7) is 1.87. The van der Waals surface area contributed by atoms with Gasteiger partial charge in [-0.3, -0.25) is 0 Å². The van der Waals surface area contributed by atoms with Crippen LogP contribution in [0.15, 0.2) is 22.7 Å². The molecule has 1 heterocycles. The molecule has 0 bridgehead atoms. The van der Waals surface area contributed by atoms with Crippen LogP contribution in [-0.2, 0) is 0 Å². The molecule has 0 spiro atoms. The van der Waals surface area contributed by atoms with E-state index < -0.39 is 0 Å². The third-order valence-electron chi connectivity index (χ3n) is 2.14. The average molecular weight is 192 g/mol. The van der Waals surface area contributed by atoms with E-state index in [2.05, 4.69) is 5.16 Å². The van der Waals surface area contributed by atoms with Crippen molar-refractivity contribution in [3.05, 3.63) is 23.9 Å². The molecule has 0 amide bonds. The van der Waals surface area contributed by atoms with Crippen molar-refractivity contribution >= 4 is 11.0 Å². The van der Waals surface area contributed by atoms with Crippen molar-refractivity contribution in [1.82, 2.24) is 5.16 Å². The van der Waals surface area contributed by atoms with Gasteiger partial charge in [-0.25, -0.2) is 0 Å². The highest BCUT2D eigenvalue weighted by Crippen LogP contribution is 2.26. The second-order valence-corrected chi connectivity index (χ2v) is 3.22. The van der Waals surface area contributed by atoms with Crippen molar-refractivity contribution in [2.75, 3.05) is 7.11 Å². The topological polar surface area (TPSA) is 61.3 Å². The van der Waals surface area contributed by atoms with Crippen molar-refractivity contribution in [2.45, 2.75) is 13.0 Å². The number of fused-ring (bicyclic) bond motifs is 1. The Labute approximate surface area is 81.6 Å². The monoisotopic (exact) mass is 192 g/mol. The Morgan fingerprint density at radius 3 is 2.93 bits per heavy atom. The molecule has 1 aromatic carbocycles. The summed E-state index contributed by atoms with van der Waals surface area (Å²) in [5.74, 6) is 0.780. The van der Waals surface area contributed by atoms with Gasteiger partial charge in [0, 0.05) is 6.04 Å². The first-order valence-electron chi connectivity index (χ1n) is 4.41. The first-order chi connectivity index (χ1) is 6.72. The van der Waals surface area contributed by atoms with Crippen molar-refractivity contribution in [1.29, 1.82) is 0 Å². The maximum atomic E-state index is 5.75. The van der Waals surface area contributed by atoms with Gasteiger partial charge >= 0.3 is 0 Å². The fourth-order valence-corrected chi connectivity index (χ4v) is 1.39. The summed E-state index contributed by atoms with van der Waals surface area (Å²) in [4.78, 5) is 0. The van der Waals surface area contributed by atoms with Gasteiger partial charge in [-0.1, -0.05) is 5.16 Å². The first-order valence-corrected chi connectivity index (χ1v) is 4.41. The van der Waals surface area contributed by atoms with E-state index >= 15 is 0 Å². The Morgan fingerprint density at radius 1 is 1.50 bits per heavy atom. The van der Waals surface area contributed by atoms with Crippen molar-refractivity contribution in [2.24, 2.45) is 5.73 Å². The molecular formula is C10H12N2O2. The Bertz CT molecular complexity index is 448. The summed E-state index contributed by atoms with van der Waals surface area (Å²) >= 11 is 0. The van der Waals surface area contributed by atoms with E-state index in [0.29, 0.717) is 0 Å². The molecule has 0 radical (unpaired) electrons. The van der Waals surface area contributed by atoms with E-state index in [1.165, 1.54) is 0 Å². The lowest BCUT2D eigenvalue weighted by molar-refractivity contribution is 0.414. The molecule has 74 valence electrons. The SMILES string of the molecule is COc1ccc2onc(C(C)N)c2c1. The molecule has 1 unspecified atom stereocenters. The van der Waals surface area contributed by atoms with Crippen LogP contribution in [0.2, 0.25) is 0 Å². The van der Waals surface area contributed by atoms with Crippen LogP contribution in [0.3, 0.4) is 0 Å². The minimum Gasteiger partial charge on any atom is -0.497 e. The lowest BCUT2D eigenvalue weighted by Crippen LogP contribution is -2.05. The number of nitrogens with two attached hydrogens (primary N) is 1. The van der Waals surface area contributed by atoms with Gasteiger partial charge in [0.05, 0.1) is 12.5 Å². The fraction of sp³-hybridized carbons (Fsp3) is 0.300. The normalized spacial score (nSPS) is 13.1. The minimum absolute atomic E-state index is 0.136. The van der Waals surface area contributed by atoms with E-state index in [1.807, 2.05) is 25.1 Å². The first kappa shape index (κ1) is 9.02. The molecule has 1 atom stereocenters. The highest BCUT2D eigenvalue weighted by atomic mass is 16.5. The Morgan fingerprint density at radius 2 is 2.29 bits per heavy atom. The molecule has 0 saturated carbocycles. The van der Waals surface area contributed by atoms with Crippen LogP contribution in [0.4, 0.5) is 0 Å². The number of methoxy groups -OCH3 is 1. The van der Waals surface area contributed by atoms with Crippen molar-refractivity contribution in [3.63, 3.8) is 0 Å². The molecule has 0 aliphatic heterocycles. The van der Waals surface area contributed by atoms with Crippen LogP contribution in [0.1, 0.15) is 18.7 Å². The van der Waals surface area contributed by atoms with E-state index in [0.717, 1.165) is 22.4 Å². The van der Waals surface area contributed by atoms with Crippen LogP contribution in [0, 0.1) is 0 Å². The summed E-state index contributed by atoms with van der Waals surface area (Å²) in [5, 5.41) is 4.83. The van der Waals surface area contributed by atoms with Gasteiger partial charge < -0.3 is 15.0 Å². The number of ether oxygens (including phenoxy) is 1. The number of aromatic nitrogens is 1. The molecule has 0 aliphatic rings. The zero-order valence-electron chi connectivity index (χ0n) is 8.15. The predicted molar refractivity (Wildman–Crippen MR) is 53.2 cm³/mol. The standard InChI is InChI=1S/C10H12N2O2/c1-6(11)10-8-5-7(13-2)3-4-9(8)14-12-10/h3-6H,11H2,1-2H3. The number of hydrogen-bond acceptors (Lipinski definition) is 4. The quantitative estimate of drug-likeness (QED) is 0.788. The molecule has 0 saturated heterocycles. The van der Waals surface area contributed by atoms with E-state index in [1.54, 1.807) is 7.11 Å². The summed E-state index contributed by atoms with van der Waals surface area (Å²) in [6, 6.07) is 5.40. The number of nitrogens with zero attached hydrogens (tertiary/aromatic N) is 1. The zero-order chi connectivity index (χ0) is 10.1. The molecule has 4 nitrogen and oxygen atoms in total. The Hall–Kier alpha value is -1.55. The molecule has 14 heavy (non-hydrogen) atoms. The molecular weight excluding hydrogens is 180 g/mol. The second kappa shape index (κ2) is 3.31. The average Bonchev–Trinajstić information content (AvgIpc) is 2.59. The highest BCUT2D eigenvalue weighted by molar-refractivity contribution is 5.81. The van der Waals surface area contributed by atoms with Crippen LogP contribution >= 0.6 is 0 Å². The van der Waals surface area contributed by atoms with Gasteiger partial charge in [-0.05, 0) is 25.1 Å². The van der Waals surface area contributed by atoms with E-state index in [-0.39, 0.29) is 6.04 Å². The number of hydrogen-bond donors (Lipinski definition) is 1. The summed E-state index contributed by atoms with van der Waals surface area (Å²) in [6.07, 6.45) is 0. The van der Waals surface area contributed by atoms with Gasteiger partial charge in [0.1, 0.15) is 11.4 Å². The zero-order valence-corrected chi connectivity index (χ0v) is 8.15. The molecule has 2 N–H and O–H groups in total. The summed E-state index contributed by atoms with van der Waals surface area (Å²) in [7, 11) is 1.63. The van der Waals surface area contributed by atoms with Crippen LogP contribution < -0.4 is 10.5 Å². The number of rotatable bonds is 2. The maximum Gasteiger partial charge on any atom is 0.167 e. The van der Waals surface area contributed by atoms with Gasteiger partial charge in [-0.15, -0.1) is 0 Å². The highest BCUT2D eigenvalue weighted by Gasteiger charge is 2.12. The second-order valence-electron chi connectivity index (χ2n) is 3.22. The largest absolute Gasteiger partial charge is 0.497 e. The van der Waals surface area contributed by atoms with Gasteiger partial charge in [0.25, 0.3) is 0 Å². The molecule has 4 heteroatoms. The minimum atomic E-state index is -0.136. The Balaban J connectivity index is 2.63. The van der Waals surface area contributed by atoms with Crippen molar-refractivity contribution < 1.29 is 9.26 Å². The lowest BCUT2D eigenvalue weighted by atomic mass is 10.1. The lowest BCUT2D eigenvalue weighted by Gasteiger charge is -2.01. The van der Waals surface area contributed by atoms with Crippen molar-refractivity contribution in [3.8, 4) is 5.75 Å². The Kier molecular flexibility index (Phi) is 2.13. The predicted octanol–water partition coefficient (Wildman–Crippen LogP) is 1.86. The molecule has 0 fully saturated rings. The third-order valence-corrected chi connectivity index (χ3v) is 2.14. The number of benzene rings is 1. The van der Waals surface area contributed by atoms with Crippen LogP contribution in [0.25, 0.3) is 11.0 Å². The molecule has 1 aromatic heterocycles. The van der Waals surface area contributed by atoms with E-state index in [9.17, 15) is 0 Å². The van der Waals surface area contributed by atoms with Gasteiger partial charge in [0.15, 0.2) is 5.58 Å². The summed E-state index contributed by atoms with van der Waals surface area (Å²) in [5.41, 5.74) is 7.25. The van der Waals surface area contributed by atoms with E-state index in [4.69, 9.17) is 15.0 Å². The molecule has 0 aliphatic carbocycles. The molecule has 2 rings (SSSR count). The smallest absolute Gasteiger partial charge is 0.167 e. The molecule has 2 aromatic rings. The van der Waals surface area contributed by atoms with Crippen LogP contribution in [-0.4, -0.2) is 12.3 Å². The van der Waals surface area contributed by atoms with Gasteiger partial charge in [0.2, 0.25) is 0 Å². The van der Waals surface area contributed by atoms with Gasteiger partial charge in [-0.2, -0.15) is 0 Å². The summed E-state index contributed by atoms with van der Waals surface area (Å²) < 4.78 is 10.2. The maximum absolute atomic E-state index is 5.75.